The van der Waals surface area contributed by atoms with Crippen molar-refractivity contribution in [1.29, 1.82) is 5.26 Å². The summed E-state index contributed by atoms with van der Waals surface area (Å²) in [6.45, 7) is 9.40. The van der Waals surface area contributed by atoms with Crippen molar-refractivity contribution in [2.24, 2.45) is 5.41 Å². The second kappa shape index (κ2) is 6.17. The van der Waals surface area contributed by atoms with Crippen LogP contribution in [0.25, 0.3) is 0 Å². The molecule has 0 aliphatic carbocycles. The summed E-state index contributed by atoms with van der Waals surface area (Å²) in [5.74, 6) is 0. The second-order valence-corrected chi connectivity index (χ2v) is 4.91. The molecule has 0 bridgehead atoms. The average molecular weight is 245 g/mol. The minimum absolute atomic E-state index is 0.187. The third kappa shape index (κ3) is 8.01. The third-order valence-corrected chi connectivity index (χ3v) is 2.06. The Morgan fingerprint density at radius 2 is 2.23 bits per heavy atom. The Bertz CT molecular complexity index is 203. The van der Waals surface area contributed by atoms with E-state index in [0.717, 1.165) is 30.4 Å². The molecule has 3 heteroatoms. The number of hydrogen-bond acceptors (Lipinski definition) is 2. The number of hydrogen-bond donors (Lipinski definition) is 1. The van der Waals surface area contributed by atoms with Gasteiger partial charge in [-0.05, 0) is 33.2 Å². The maximum absolute atomic E-state index is 8.75. The van der Waals surface area contributed by atoms with Gasteiger partial charge in [-0.1, -0.05) is 22.5 Å². The van der Waals surface area contributed by atoms with Crippen LogP contribution in [0.5, 0.6) is 0 Å². The summed E-state index contributed by atoms with van der Waals surface area (Å²) in [6, 6.07) is 2.29. The smallest absolute Gasteiger partial charge is 0.0683 e. The van der Waals surface area contributed by atoms with Gasteiger partial charge in [-0.15, -0.1) is 0 Å². The lowest BCUT2D eigenvalue weighted by atomic mass is 9.90. The van der Waals surface area contributed by atoms with E-state index < -0.39 is 0 Å². The van der Waals surface area contributed by atoms with Crippen LogP contribution in [-0.4, -0.2) is 13.1 Å². The van der Waals surface area contributed by atoms with E-state index in [4.69, 9.17) is 5.26 Å². The Balaban J connectivity index is 3.37. The SMILES string of the molecule is C=C(Br)CNCCCC(C)(C)C#N. The van der Waals surface area contributed by atoms with Crippen molar-refractivity contribution in [2.45, 2.75) is 26.7 Å². The van der Waals surface area contributed by atoms with Crippen molar-refractivity contribution < 1.29 is 0 Å². The zero-order chi connectivity index (χ0) is 10.3. The van der Waals surface area contributed by atoms with Crippen LogP contribution >= 0.6 is 15.9 Å². The second-order valence-electron chi connectivity index (χ2n) is 3.79. The number of nitriles is 1. The standard InChI is InChI=1S/C10H17BrN2/c1-9(11)7-13-6-4-5-10(2,3)8-12/h13H,1,4-7H2,2-3H3. The third-order valence-electron chi connectivity index (χ3n) is 1.77. The van der Waals surface area contributed by atoms with Gasteiger partial charge in [0.15, 0.2) is 0 Å². The van der Waals surface area contributed by atoms with Crippen LogP contribution in [0.2, 0.25) is 0 Å². The molecule has 0 amide bonds. The lowest BCUT2D eigenvalue weighted by molar-refractivity contribution is 0.429. The van der Waals surface area contributed by atoms with Crippen molar-refractivity contribution in [3.8, 4) is 6.07 Å². The first-order valence-electron chi connectivity index (χ1n) is 4.43. The van der Waals surface area contributed by atoms with Crippen LogP contribution in [0.1, 0.15) is 26.7 Å². The van der Waals surface area contributed by atoms with Gasteiger partial charge in [0.1, 0.15) is 0 Å². The molecule has 0 fully saturated rings. The summed E-state index contributed by atoms with van der Waals surface area (Å²) in [5.41, 5.74) is -0.187. The van der Waals surface area contributed by atoms with Crippen molar-refractivity contribution in [3.05, 3.63) is 11.1 Å². The monoisotopic (exact) mass is 244 g/mol. The van der Waals surface area contributed by atoms with E-state index in [1.807, 2.05) is 13.8 Å². The predicted octanol–water partition coefficient (Wildman–Crippen LogP) is 2.81. The highest BCUT2D eigenvalue weighted by molar-refractivity contribution is 9.11. The molecule has 0 radical (unpaired) electrons. The minimum atomic E-state index is -0.187. The van der Waals surface area contributed by atoms with Gasteiger partial charge in [0, 0.05) is 11.0 Å². The molecule has 0 saturated carbocycles. The normalized spacial score (nSPS) is 10.9. The molecule has 0 atom stereocenters. The molecular weight excluding hydrogens is 228 g/mol. The largest absolute Gasteiger partial charge is 0.312 e. The molecule has 0 aliphatic heterocycles. The first-order chi connectivity index (χ1) is 5.98. The first-order valence-corrected chi connectivity index (χ1v) is 5.22. The molecule has 2 nitrogen and oxygen atoms in total. The van der Waals surface area contributed by atoms with Gasteiger partial charge in [0.25, 0.3) is 0 Å². The van der Waals surface area contributed by atoms with E-state index in [0.29, 0.717) is 0 Å². The van der Waals surface area contributed by atoms with E-state index in [2.05, 4.69) is 33.9 Å². The average Bonchev–Trinajstić information content (AvgIpc) is 2.03. The zero-order valence-corrected chi connectivity index (χ0v) is 9.95. The molecule has 74 valence electrons. The van der Waals surface area contributed by atoms with E-state index in [1.165, 1.54) is 0 Å². The molecule has 0 saturated heterocycles. The molecule has 0 rings (SSSR count). The topological polar surface area (TPSA) is 35.8 Å². The van der Waals surface area contributed by atoms with Gasteiger partial charge < -0.3 is 5.32 Å². The first kappa shape index (κ1) is 12.7. The number of nitrogens with one attached hydrogen (secondary N) is 1. The maximum atomic E-state index is 8.75. The summed E-state index contributed by atoms with van der Waals surface area (Å²) < 4.78 is 0.965. The van der Waals surface area contributed by atoms with Gasteiger partial charge >= 0.3 is 0 Å². The quantitative estimate of drug-likeness (QED) is 0.730. The predicted molar refractivity (Wildman–Crippen MR) is 59.6 cm³/mol. The molecule has 0 heterocycles. The van der Waals surface area contributed by atoms with Crippen LogP contribution in [0.15, 0.2) is 11.1 Å². The highest BCUT2D eigenvalue weighted by Crippen LogP contribution is 2.19. The Morgan fingerprint density at radius 3 is 2.69 bits per heavy atom. The summed E-state index contributed by atoms with van der Waals surface area (Å²) in [6.07, 6.45) is 1.96. The van der Waals surface area contributed by atoms with Gasteiger partial charge in [-0.2, -0.15) is 5.26 Å². The zero-order valence-electron chi connectivity index (χ0n) is 8.36. The number of rotatable bonds is 6. The molecule has 0 aliphatic rings. The molecule has 1 N–H and O–H groups in total. The van der Waals surface area contributed by atoms with Crippen LogP contribution in [0, 0.1) is 16.7 Å². The maximum Gasteiger partial charge on any atom is 0.0683 e. The molecule has 0 aromatic carbocycles. The fourth-order valence-electron chi connectivity index (χ4n) is 0.935. The Morgan fingerprint density at radius 1 is 1.62 bits per heavy atom. The Hall–Kier alpha value is -0.330. The van der Waals surface area contributed by atoms with Crippen molar-refractivity contribution in [2.75, 3.05) is 13.1 Å². The van der Waals surface area contributed by atoms with Crippen molar-refractivity contribution in [1.82, 2.24) is 5.32 Å². The highest BCUT2D eigenvalue weighted by Gasteiger charge is 2.14. The number of nitrogens with zero attached hydrogens (tertiary/aromatic N) is 1. The van der Waals surface area contributed by atoms with Crippen LogP contribution in [-0.2, 0) is 0 Å². The Labute approximate surface area is 89.1 Å². The molecule has 13 heavy (non-hydrogen) atoms. The van der Waals surface area contributed by atoms with Gasteiger partial charge in [-0.25, -0.2) is 0 Å². The lowest BCUT2D eigenvalue weighted by Gasteiger charge is -2.14. The summed E-state index contributed by atoms with van der Waals surface area (Å²) in [4.78, 5) is 0. The number of halogens is 1. The summed E-state index contributed by atoms with van der Waals surface area (Å²) in [5, 5.41) is 12.0. The van der Waals surface area contributed by atoms with Crippen molar-refractivity contribution in [3.63, 3.8) is 0 Å². The summed E-state index contributed by atoms with van der Waals surface area (Å²) >= 11 is 3.27. The van der Waals surface area contributed by atoms with E-state index in [-0.39, 0.29) is 5.41 Å². The van der Waals surface area contributed by atoms with Gasteiger partial charge in [0.05, 0.1) is 11.5 Å². The lowest BCUT2D eigenvalue weighted by Crippen LogP contribution is -2.18. The highest BCUT2D eigenvalue weighted by atomic mass is 79.9. The van der Waals surface area contributed by atoms with Gasteiger partial charge in [-0.3, -0.25) is 0 Å². The van der Waals surface area contributed by atoms with Crippen LogP contribution in [0.3, 0.4) is 0 Å². The molecule has 0 unspecified atom stereocenters. The van der Waals surface area contributed by atoms with E-state index in [1.54, 1.807) is 0 Å². The Kier molecular flexibility index (Phi) is 6.02. The summed E-state index contributed by atoms with van der Waals surface area (Å²) in [7, 11) is 0. The molecular formula is C10H17BrN2. The fourth-order valence-corrected chi connectivity index (χ4v) is 1.13. The van der Waals surface area contributed by atoms with Crippen molar-refractivity contribution >= 4 is 15.9 Å². The molecule has 0 aromatic rings. The van der Waals surface area contributed by atoms with Crippen LogP contribution in [0.4, 0.5) is 0 Å². The molecule has 0 aromatic heterocycles. The van der Waals surface area contributed by atoms with E-state index >= 15 is 0 Å². The van der Waals surface area contributed by atoms with E-state index in [9.17, 15) is 0 Å². The van der Waals surface area contributed by atoms with Gasteiger partial charge in [0.2, 0.25) is 0 Å². The molecule has 0 spiro atoms. The van der Waals surface area contributed by atoms with Crippen LogP contribution < -0.4 is 5.32 Å². The minimum Gasteiger partial charge on any atom is -0.312 e. The fraction of sp³-hybridized carbons (Fsp3) is 0.700.